The van der Waals surface area contributed by atoms with Crippen LogP contribution in [0.1, 0.15) is 5.56 Å². The van der Waals surface area contributed by atoms with Crippen molar-refractivity contribution in [3.63, 3.8) is 0 Å². The molecule has 1 aliphatic rings. The van der Waals surface area contributed by atoms with Gasteiger partial charge in [0.05, 0.1) is 0 Å². The van der Waals surface area contributed by atoms with Gasteiger partial charge in [-0.3, -0.25) is 0 Å². The molecule has 0 saturated heterocycles. The third-order valence-corrected chi connectivity index (χ3v) is 5.64. The lowest BCUT2D eigenvalue weighted by atomic mass is 9.92. The van der Waals surface area contributed by atoms with Crippen LogP contribution in [0, 0.1) is 0 Å². The maximum Gasteiger partial charge on any atom is 0.218 e. The number of hydrogen-bond donors (Lipinski definition) is 1. The number of para-hydroxylation sites is 1. The molecule has 1 heterocycles. The van der Waals surface area contributed by atoms with Crippen LogP contribution in [0.4, 0.5) is 5.69 Å². The monoisotopic (exact) mass is 343 g/mol. The maximum absolute atomic E-state index is 6.32. The number of hydrogen-bond acceptors (Lipinski definition) is 2. The third kappa shape index (κ3) is 2.39. The fourth-order valence-corrected chi connectivity index (χ4v) is 4.53. The van der Waals surface area contributed by atoms with Gasteiger partial charge in [-0.2, -0.15) is 0 Å². The van der Waals surface area contributed by atoms with E-state index in [4.69, 9.17) is 34.8 Å². The molecular weight excluding hydrogens is 333 g/mol. The van der Waals surface area contributed by atoms with Crippen LogP contribution in [-0.2, 0) is 5.54 Å². The normalized spacial score (nSPS) is 21.9. The zero-order valence-corrected chi connectivity index (χ0v) is 13.5. The Labute approximate surface area is 137 Å². The van der Waals surface area contributed by atoms with Crippen LogP contribution in [0.2, 0.25) is 0 Å². The van der Waals surface area contributed by atoms with Gasteiger partial charge in [0.2, 0.25) is 3.79 Å². The number of fused-ring (bicyclic) bond motifs is 1. The number of nitrogens with one attached hydrogen (secondary N) is 1. The average molecular weight is 345 g/mol. The molecule has 0 bridgehead atoms. The van der Waals surface area contributed by atoms with Gasteiger partial charge in [0.25, 0.3) is 0 Å². The Kier molecular flexibility index (Phi) is 3.85. The van der Waals surface area contributed by atoms with Gasteiger partial charge in [-0.05, 0) is 17.7 Å². The quantitative estimate of drug-likeness (QED) is 0.688. The van der Waals surface area contributed by atoms with Crippen molar-refractivity contribution < 1.29 is 0 Å². The Bertz CT molecular complexity index is 612. The molecule has 0 aliphatic carbocycles. The van der Waals surface area contributed by atoms with Crippen molar-refractivity contribution in [2.45, 2.75) is 14.2 Å². The number of anilines is 1. The van der Waals surface area contributed by atoms with E-state index in [1.165, 1.54) is 4.90 Å². The van der Waals surface area contributed by atoms with Crippen LogP contribution in [0.5, 0.6) is 0 Å². The Morgan fingerprint density at radius 1 is 0.950 bits per heavy atom. The molecule has 2 aromatic carbocycles. The second-order valence-corrected chi connectivity index (χ2v) is 7.98. The van der Waals surface area contributed by atoms with Gasteiger partial charge in [0.15, 0.2) is 0 Å². The highest BCUT2D eigenvalue weighted by atomic mass is 35.6. The number of rotatable bonds is 1. The molecule has 1 aliphatic heterocycles. The first-order valence-electron chi connectivity index (χ1n) is 6.15. The Hall–Kier alpha value is -0.540. The lowest BCUT2D eigenvalue weighted by Crippen LogP contribution is -2.50. The number of alkyl halides is 3. The molecule has 0 amide bonds. The molecule has 0 saturated carbocycles. The van der Waals surface area contributed by atoms with E-state index in [9.17, 15) is 0 Å². The molecule has 1 atom stereocenters. The van der Waals surface area contributed by atoms with Crippen LogP contribution in [0.25, 0.3) is 0 Å². The highest BCUT2D eigenvalue weighted by Gasteiger charge is 2.51. The molecule has 20 heavy (non-hydrogen) atoms. The van der Waals surface area contributed by atoms with Crippen molar-refractivity contribution in [2.75, 3.05) is 11.1 Å². The third-order valence-electron chi connectivity index (χ3n) is 3.43. The second kappa shape index (κ2) is 5.34. The van der Waals surface area contributed by atoms with Crippen molar-refractivity contribution in [2.24, 2.45) is 0 Å². The van der Waals surface area contributed by atoms with Crippen LogP contribution in [0.15, 0.2) is 59.5 Å². The van der Waals surface area contributed by atoms with E-state index in [0.29, 0.717) is 5.75 Å². The maximum atomic E-state index is 6.32. The highest BCUT2D eigenvalue weighted by molar-refractivity contribution is 7.99. The molecule has 1 N–H and O–H groups in total. The molecule has 0 spiro atoms. The first-order chi connectivity index (χ1) is 9.53. The van der Waals surface area contributed by atoms with Crippen molar-refractivity contribution >= 4 is 52.3 Å². The predicted octanol–water partition coefficient (Wildman–Crippen LogP) is 5.47. The summed E-state index contributed by atoms with van der Waals surface area (Å²) in [7, 11) is 0. The van der Waals surface area contributed by atoms with E-state index >= 15 is 0 Å². The molecule has 0 fully saturated rings. The predicted molar refractivity (Wildman–Crippen MR) is 89.2 cm³/mol. The molecule has 1 unspecified atom stereocenters. The summed E-state index contributed by atoms with van der Waals surface area (Å²) in [6.07, 6.45) is 0. The van der Waals surface area contributed by atoms with Gasteiger partial charge in [-0.1, -0.05) is 77.3 Å². The largest absolute Gasteiger partial charge is 0.370 e. The van der Waals surface area contributed by atoms with Crippen molar-refractivity contribution in [1.29, 1.82) is 0 Å². The molecule has 0 aromatic heterocycles. The van der Waals surface area contributed by atoms with Crippen LogP contribution in [-0.4, -0.2) is 9.55 Å². The summed E-state index contributed by atoms with van der Waals surface area (Å²) < 4.78 is -1.45. The van der Waals surface area contributed by atoms with Crippen molar-refractivity contribution in [3.8, 4) is 0 Å². The van der Waals surface area contributed by atoms with Gasteiger partial charge < -0.3 is 5.32 Å². The van der Waals surface area contributed by atoms with Gasteiger partial charge in [-0.15, -0.1) is 11.8 Å². The number of halogens is 3. The summed E-state index contributed by atoms with van der Waals surface area (Å²) in [4.78, 5) is 1.17. The van der Waals surface area contributed by atoms with E-state index in [1.54, 1.807) is 11.8 Å². The first kappa shape index (κ1) is 14.4. The molecule has 0 radical (unpaired) electrons. The first-order valence-corrected chi connectivity index (χ1v) is 8.27. The summed E-state index contributed by atoms with van der Waals surface area (Å²) in [5.74, 6) is 0.657. The lowest BCUT2D eigenvalue weighted by Gasteiger charge is -2.44. The van der Waals surface area contributed by atoms with E-state index < -0.39 is 9.33 Å². The molecule has 2 aromatic rings. The minimum absolute atomic E-state index is 0.657. The molecule has 5 heteroatoms. The van der Waals surface area contributed by atoms with E-state index in [-0.39, 0.29) is 0 Å². The summed E-state index contributed by atoms with van der Waals surface area (Å²) in [6.45, 7) is 0. The summed E-state index contributed by atoms with van der Waals surface area (Å²) >= 11 is 20.7. The fraction of sp³-hybridized carbons (Fsp3) is 0.200. The minimum Gasteiger partial charge on any atom is -0.370 e. The molecular formula is C15H12Cl3NS. The smallest absolute Gasteiger partial charge is 0.218 e. The Morgan fingerprint density at radius 2 is 1.60 bits per heavy atom. The summed E-state index contributed by atoms with van der Waals surface area (Å²) in [5, 5.41) is 3.45. The molecule has 1 nitrogen and oxygen atoms in total. The van der Waals surface area contributed by atoms with Gasteiger partial charge in [0, 0.05) is 16.3 Å². The summed E-state index contributed by atoms with van der Waals surface area (Å²) in [6, 6.07) is 17.9. The van der Waals surface area contributed by atoms with Gasteiger partial charge in [0.1, 0.15) is 5.54 Å². The Balaban J connectivity index is 2.11. The van der Waals surface area contributed by atoms with Crippen LogP contribution >= 0.6 is 46.6 Å². The SMILES string of the molecule is ClC(Cl)(Cl)C1(c2ccccc2)CSc2ccccc2N1. The van der Waals surface area contributed by atoms with Crippen LogP contribution in [0.3, 0.4) is 0 Å². The average Bonchev–Trinajstić information content (AvgIpc) is 2.46. The van der Waals surface area contributed by atoms with Crippen molar-refractivity contribution in [3.05, 3.63) is 60.2 Å². The van der Waals surface area contributed by atoms with Gasteiger partial charge in [-0.25, -0.2) is 0 Å². The standard InChI is InChI=1S/C15H12Cl3NS/c16-15(17,18)14(11-6-2-1-3-7-11)10-20-13-9-5-4-8-12(13)19-14/h1-9,19H,10H2. The van der Waals surface area contributed by atoms with E-state index in [0.717, 1.165) is 11.3 Å². The zero-order valence-electron chi connectivity index (χ0n) is 10.4. The lowest BCUT2D eigenvalue weighted by molar-refractivity contribution is 0.560. The fourth-order valence-electron chi connectivity index (χ4n) is 2.34. The highest BCUT2D eigenvalue weighted by Crippen LogP contribution is 2.53. The van der Waals surface area contributed by atoms with E-state index in [2.05, 4.69) is 11.4 Å². The molecule has 3 rings (SSSR count). The molecule has 104 valence electrons. The minimum atomic E-state index is -1.45. The number of benzene rings is 2. The van der Waals surface area contributed by atoms with Crippen molar-refractivity contribution in [1.82, 2.24) is 0 Å². The zero-order chi connectivity index (χ0) is 14.2. The van der Waals surface area contributed by atoms with Gasteiger partial charge >= 0.3 is 0 Å². The van der Waals surface area contributed by atoms with Crippen LogP contribution < -0.4 is 5.32 Å². The Morgan fingerprint density at radius 3 is 2.30 bits per heavy atom. The summed E-state index contributed by atoms with van der Waals surface area (Å²) in [5.41, 5.74) is 1.23. The van der Waals surface area contributed by atoms with E-state index in [1.807, 2.05) is 48.5 Å². The second-order valence-electron chi connectivity index (χ2n) is 4.68. The topological polar surface area (TPSA) is 12.0 Å². The number of thioether (sulfide) groups is 1.